The highest BCUT2D eigenvalue weighted by atomic mass is 16.6. The van der Waals surface area contributed by atoms with E-state index >= 15 is 0 Å². The molecule has 2 saturated heterocycles. The molecule has 1 spiro atoms. The van der Waals surface area contributed by atoms with Gasteiger partial charge in [0.1, 0.15) is 5.60 Å². The molecule has 2 heterocycles. The van der Waals surface area contributed by atoms with Gasteiger partial charge in [-0.25, -0.2) is 4.79 Å². The molecular weight excluding hydrogens is 256 g/mol. The lowest BCUT2D eigenvalue weighted by atomic mass is 9.80. The Labute approximate surface area is 122 Å². The van der Waals surface area contributed by atoms with Crippen molar-refractivity contribution in [2.45, 2.75) is 57.8 Å². The minimum atomic E-state index is -0.454. The lowest BCUT2D eigenvalue weighted by Crippen LogP contribution is -2.49. The summed E-state index contributed by atoms with van der Waals surface area (Å²) >= 11 is 0. The highest BCUT2D eigenvalue weighted by molar-refractivity contribution is 5.68. The number of piperidine rings is 1. The molecule has 0 aliphatic carbocycles. The van der Waals surface area contributed by atoms with E-state index in [4.69, 9.17) is 9.47 Å². The van der Waals surface area contributed by atoms with E-state index in [1.807, 2.05) is 27.8 Å². The fourth-order valence-corrected chi connectivity index (χ4v) is 3.08. The molecule has 116 valence electrons. The van der Waals surface area contributed by atoms with Crippen molar-refractivity contribution in [3.8, 4) is 0 Å². The van der Waals surface area contributed by atoms with Crippen LogP contribution < -0.4 is 5.32 Å². The lowest BCUT2D eigenvalue weighted by Gasteiger charge is -2.39. The van der Waals surface area contributed by atoms with Crippen molar-refractivity contribution in [2.75, 3.05) is 26.7 Å². The molecule has 0 saturated carbocycles. The van der Waals surface area contributed by atoms with Crippen molar-refractivity contribution < 1.29 is 14.3 Å². The van der Waals surface area contributed by atoms with Crippen LogP contribution in [0.5, 0.6) is 0 Å². The number of nitrogens with one attached hydrogen (secondary N) is 1. The third-order valence-electron chi connectivity index (χ3n) is 4.45. The van der Waals surface area contributed by atoms with Crippen LogP contribution in [-0.2, 0) is 9.47 Å². The summed E-state index contributed by atoms with van der Waals surface area (Å²) in [5, 5.41) is 3.40. The minimum Gasteiger partial charge on any atom is -0.444 e. The van der Waals surface area contributed by atoms with Gasteiger partial charge in [0.15, 0.2) is 0 Å². The van der Waals surface area contributed by atoms with Crippen LogP contribution in [-0.4, -0.2) is 55.0 Å². The lowest BCUT2D eigenvalue weighted by molar-refractivity contribution is -0.0564. The van der Waals surface area contributed by atoms with Gasteiger partial charge in [-0.3, -0.25) is 0 Å². The Morgan fingerprint density at radius 2 is 2.15 bits per heavy atom. The molecule has 0 bridgehead atoms. The maximum atomic E-state index is 12.1. The molecule has 2 rings (SSSR count). The molecule has 1 N–H and O–H groups in total. The van der Waals surface area contributed by atoms with Crippen molar-refractivity contribution in [1.29, 1.82) is 0 Å². The zero-order chi connectivity index (χ0) is 15.0. The standard InChI is InChI=1S/C15H28N2O3/c1-11-9-16-7-6-15(11)8-12(10-19-15)17(5)13(18)20-14(2,3)4/h11-12,16H,6-10H2,1-5H3. The predicted octanol–water partition coefficient (Wildman–Crippen LogP) is 2.01. The van der Waals surface area contributed by atoms with Crippen LogP contribution >= 0.6 is 0 Å². The second kappa shape index (κ2) is 5.53. The van der Waals surface area contributed by atoms with Gasteiger partial charge in [-0.2, -0.15) is 0 Å². The van der Waals surface area contributed by atoms with Crippen molar-refractivity contribution >= 4 is 6.09 Å². The number of hydrogen-bond acceptors (Lipinski definition) is 4. The summed E-state index contributed by atoms with van der Waals surface area (Å²) in [6.45, 7) is 10.5. The molecular formula is C15H28N2O3. The number of hydrogen-bond donors (Lipinski definition) is 1. The molecule has 0 aromatic carbocycles. The van der Waals surface area contributed by atoms with Crippen molar-refractivity contribution in [2.24, 2.45) is 5.92 Å². The Morgan fingerprint density at radius 1 is 1.45 bits per heavy atom. The summed E-state index contributed by atoms with van der Waals surface area (Å²) in [5.74, 6) is 0.480. The summed E-state index contributed by atoms with van der Waals surface area (Å²) in [6.07, 6.45) is 1.67. The Bertz CT molecular complexity index is 367. The van der Waals surface area contributed by atoms with Crippen molar-refractivity contribution in [1.82, 2.24) is 10.2 Å². The van der Waals surface area contributed by atoms with Gasteiger partial charge in [0, 0.05) is 13.6 Å². The van der Waals surface area contributed by atoms with Gasteiger partial charge in [-0.05, 0) is 46.1 Å². The summed E-state index contributed by atoms with van der Waals surface area (Å²) < 4.78 is 11.6. The van der Waals surface area contributed by atoms with Gasteiger partial charge in [0.25, 0.3) is 0 Å². The van der Waals surface area contributed by atoms with E-state index in [-0.39, 0.29) is 17.7 Å². The monoisotopic (exact) mass is 284 g/mol. The average Bonchev–Trinajstić information content (AvgIpc) is 2.75. The Hall–Kier alpha value is -0.810. The number of rotatable bonds is 1. The third-order valence-corrected chi connectivity index (χ3v) is 4.45. The largest absolute Gasteiger partial charge is 0.444 e. The van der Waals surface area contributed by atoms with Crippen LogP contribution in [0.4, 0.5) is 4.79 Å². The van der Waals surface area contributed by atoms with Gasteiger partial charge in [-0.15, -0.1) is 0 Å². The topological polar surface area (TPSA) is 50.8 Å². The number of likely N-dealkylation sites (N-methyl/N-ethyl adjacent to an activating group) is 1. The first kappa shape index (κ1) is 15.6. The Kier molecular flexibility index (Phi) is 4.30. The molecule has 5 heteroatoms. The molecule has 0 radical (unpaired) electrons. The normalized spacial score (nSPS) is 34.2. The van der Waals surface area contributed by atoms with Crippen LogP contribution in [0.25, 0.3) is 0 Å². The molecule has 0 aromatic heterocycles. The molecule has 0 aromatic rings. The summed E-state index contributed by atoms with van der Waals surface area (Å²) in [6, 6.07) is 0.116. The molecule has 5 nitrogen and oxygen atoms in total. The molecule has 3 atom stereocenters. The molecule has 20 heavy (non-hydrogen) atoms. The first-order chi connectivity index (χ1) is 9.23. The van der Waals surface area contributed by atoms with Gasteiger partial charge in [-0.1, -0.05) is 6.92 Å². The van der Waals surface area contributed by atoms with Crippen LogP contribution in [0.2, 0.25) is 0 Å². The maximum Gasteiger partial charge on any atom is 0.410 e. The number of nitrogens with zero attached hydrogens (tertiary/aromatic N) is 1. The van der Waals surface area contributed by atoms with E-state index in [2.05, 4.69) is 12.2 Å². The first-order valence-corrected chi connectivity index (χ1v) is 7.54. The van der Waals surface area contributed by atoms with Crippen molar-refractivity contribution in [3.63, 3.8) is 0 Å². The minimum absolute atomic E-state index is 0.0633. The van der Waals surface area contributed by atoms with E-state index in [9.17, 15) is 4.79 Å². The zero-order valence-corrected chi connectivity index (χ0v) is 13.4. The molecule has 2 aliphatic rings. The predicted molar refractivity (Wildman–Crippen MR) is 77.7 cm³/mol. The molecule has 2 fully saturated rings. The summed E-state index contributed by atoms with van der Waals surface area (Å²) in [5.41, 5.74) is -0.517. The maximum absolute atomic E-state index is 12.1. The van der Waals surface area contributed by atoms with Gasteiger partial charge in [0.05, 0.1) is 18.2 Å². The van der Waals surface area contributed by atoms with Gasteiger partial charge in [0.2, 0.25) is 0 Å². The summed E-state index contributed by atoms with van der Waals surface area (Å²) in [4.78, 5) is 13.8. The van der Waals surface area contributed by atoms with Gasteiger partial charge >= 0.3 is 6.09 Å². The second-order valence-corrected chi connectivity index (χ2v) is 7.18. The quantitative estimate of drug-likeness (QED) is 0.800. The smallest absolute Gasteiger partial charge is 0.410 e. The van der Waals surface area contributed by atoms with E-state index < -0.39 is 5.60 Å². The highest BCUT2D eigenvalue weighted by Crippen LogP contribution is 2.39. The summed E-state index contributed by atoms with van der Waals surface area (Å²) in [7, 11) is 1.81. The van der Waals surface area contributed by atoms with E-state index in [1.54, 1.807) is 4.90 Å². The fourth-order valence-electron chi connectivity index (χ4n) is 3.08. The van der Waals surface area contributed by atoms with Crippen molar-refractivity contribution in [3.05, 3.63) is 0 Å². The molecule has 3 unspecified atom stereocenters. The number of amides is 1. The van der Waals surface area contributed by atoms with Gasteiger partial charge < -0.3 is 19.7 Å². The van der Waals surface area contributed by atoms with Crippen LogP contribution in [0.3, 0.4) is 0 Å². The van der Waals surface area contributed by atoms with E-state index in [0.717, 1.165) is 25.9 Å². The second-order valence-electron chi connectivity index (χ2n) is 7.18. The van der Waals surface area contributed by atoms with E-state index in [0.29, 0.717) is 12.5 Å². The zero-order valence-electron chi connectivity index (χ0n) is 13.4. The SMILES string of the molecule is CC1CNCCC12CC(N(C)C(=O)OC(C)(C)C)CO2. The van der Waals surface area contributed by atoms with Crippen LogP contribution in [0.15, 0.2) is 0 Å². The third kappa shape index (κ3) is 3.26. The molecule has 2 aliphatic heterocycles. The first-order valence-electron chi connectivity index (χ1n) is 7.54. The molecule has 1 amide bonds. The number of ether oxygens (including phenoxy) is 2. The number of carbonyl (C=O) groups is 1. The van der Waals surface area contributed by atoms with E-state index in [1.165, 1.54) is 0 Å². The highest BCUT2D eigenvalue weighted by Gasteiger charge is 2.47. The average molecular weight is 284 g/mol. The van der Waals surface area contributed by atoms with Crippen LogP contribution in [0.1, 0.15) is 40.5 Å². The fraction of sp³-hybridized carbons (Fsp3) is 0.933. The number of carbonyl (C=O) groups excluding carboxylic acids is 1. The Balaban J connectivity index is 1.96. The van der Waals surface area contributed by atoms with Crippen LogP contribution in [0, 0.1) is 5.92 Å². The Morgan fingerprint density at radius 3 is 2.75 bits per heavy atom.